The third-order valence-electron chi connectivity index (χ3n) is 2.49. The minimum atomic E-state index is -0.369. The number of nitrogens with one attached hydrogen (secondary N) is 1. The Labute approximate surface area is 99.1 Å². The van der Waals surface area contributed by atoms with Crippen molar-refractivity contribution in [1.82, 2.24) is 5.32 Å². The monoisotopic (exact) mass is 237 g/mol. The van der Waals surface area contributed by atoms with Gasteiger partial charge < -0.3 is 10.1 Å². The van der Waals surface area contributed by atoms with Crippen LogP contribution in [0.25, 0.3) is 6.08 Å². The number of methoxy groups -OCH3 is 1. The van der Waals surface area contributed by atoms with Gasteiger partial charge in [-0.05, 0) is 23.3 Å². The molecule has 4 heteroatoms. The zero-order valence-corrected chi connectivity index (χ0v) is 9.67. The van der Waals surface area contributed by atoms with Crippen LogP contribution in [0, 0.1) is 0 Å². The fraction of sp³-hybridized carbons (Fsp3) is 0.250. The van der Waals surface area contributed by atoms with Crippen molar-refractivity contribution >= 4 is 23.6 Å². The van der Waals surface area contributed by atoms with E-state index in [-0.39, 0.29) is 5.97 Å². The third kappa shape index (κ3) is 2.26. The fourth-order valence-corrected chi connectivity index (χ4v) is 1.72. The van der Waals surface area contributed by atoms with E-state index in [1.165, 1.54) is 12.7 Å². The van der Waals surface area contributed by atoms with E-state index in [9.17, 15) is 4.79 Å². The number of hydrogen-bond acceptors (Lipinski definition) is 3. The molecule has 0 spiro atoms. The maximum atomic E-state index is 11.3. The maximum Gasteiger partial charge on any atom is 0.337 e. The van der Waals surface area contributed by atoms with Crippen LogP contribution in [-0.2, 0) is 4.74 Å². The topological polar surface area (TPSA) is 38.3 Å². The first-order valence-electron chi connectivity index (χ1n) is 4.99. The van der Waals surface area contributed by atoms with Gasteiger partial charge in [0.1, 0.15) is 0 Å². The molecule has 84 valence electrons. The Balaban J connectivity index is 2.26. The standard InChI is InChI=1S/C12H12ClNO2/c1-16-12(15)10-3-2-9(11(13)5-10)4-8-6-14-7-8/h2-5,14H,6-7H2,1H3. The summed E-state index contributed by atoms with van der Waals surface area (Å²) in [7, 11) is 1.35. The molecule has 1 aromatic rings. The Bertz CT molecular complexity index is 448. The SMILES string of the molecule is COC(=O)c1ccc(C=C2CNC2)c(Cl)c1. The molecular formula is C12H12ClNO2. The number of ether oxygens (including phenoxy) is 1. The Morgan fingerprint density at radius 2 is 2.25 bits per heavy atom. The summed E-state index contributed by atoms with van der Waals surface area (Å²) in [5.41, 5.74) is 2.72. The first kappa shape index (κ1) is 11.2. The van der Waals surface area contributed by atoms with Crippen molar-refractivity contribution in [2.75, 3.05) is 20.2 Å². The highest BCUT2D eigenvalue weighted by Crippen LogP contribution is 2.21. The average molecular weight is 238 g/mol. The summed E-state index contributed by atoms with van der Waals surface area (Å²) >= 11 is 6.08. The molecule has 1 saturated heterocycles. The molecule has 0 atom stereocenters. The molecule has 1 aromatic carbocycles. The minimum Gasteiger partial charge on any atom is -0.465 e. The Morgan fingerprint density at radius 3 is 2.75 bits per heavy atom. The third-order valence-corrected chi connectivity index (χ3v) is 2.81. The molecule has 0 saturated carbocycles. The molecular weight excluding hydrogens is 226 g/mol. The number of carbonyl (C=O) groups excluding carboxylic acids is 1. The lowest BCUT2D eigenvalue weighted by Gasteiger charge is -2.18. The van der Waals surface area contributed by atoms with Crippen LogP contribution in [0.1, 0.15) is 15.9 Å². The van der Waals surface area contributed by atoms with Gasteiger partial charge in [-0.25, -0.2) is 4.79 Å². The molecule has 0 radical (unpaired) electrons. The molecule has 1 aliphatic heterocycles. The van der Waals surface area contributed by atoms with Crippen molar-refractivity contribution in [1.29, 1.82) is 0 Å². The lowest BCUT2D eigenvalue weighted by Crippen LogP contribution is -2.33. The molecule has 2 rings (SSSR count). The van der Waals surface area contributed by atoms with E-state index in [2.05, 4.69) is 10.1 Å². The summed E-state index contributed by atoms with van der Waals surface area (Å²) in [4.78, 5) is 11.3. The molecule has 0 unspecified atom stereocenters. The first-order valence-corrected chi connectivity index (χ1v) is 5.36. The highest BCUT2D eigenvalue weighted by molar-refractivity contribution is 6.32. The second kappa shape index (κ2) is 4.68. The zero-order chi connectivity index (χ0) is 11.5. The van der Waals surface area contributed by atoms with Gasteiger partial charge in [-0.15, -0.1) is 0 Å². The summed E-state index contributed by atoms with van der Waals surface area (Å²) in [6, 6.07) is 5.18. The van der Waals surface area contributed by atoms with Crippen LogP contribution in [0.4, 0.5) is 0 Å². The van der Waals surface area contributed by atoms with Crippen LogP contribution >= 0.6 is 11.6 Å². The lowest BCUT2D eigenvalue weighted by molar-refractivity contribution is 0.0601. The molecule has 1 fully saturated rings. The van der Waals surface area contributed by atoms with E-state index in [1.807, 2.05) is 12.1 Å². The van der Waals surface area contributed by atoms with Crippen molar-refractivity contribution < 1.29 is 9.53 Å². The minimum absolute atomic E-state index is 0.369. The normalized spacial score (nSPS) is 14.2. The largest absolute Gasteiger partial charge is 0.465 e. The van der Waals surface area contributed by atoms with Gasteiger partial charge in [0.25, 0.3) is 0 Å². The van der Waals surface area contributed by atoms with E-state index in [4.69, 9.17) is 11.6 Å². The van der Waals surface area contributed by atoms with Crippen LogP contribution in [0.3, 0.4) is 0 Å². The fourth-order valence-electron chi connectivity index (χ4n) is 1.48. The molecule has 3 nitrogen and oxygen atoms in total. The van der Waals surface area contributed by atoms with Crippen molar-refractivity contribution in [3.8, 4) is 0 Å². The quantitative estimate of drug-likeness (QED) is 0.801. The Morgan fingerprint density at radius 1 is 1.50 bits per heavy atom. The van der Waals surface area contributed by atoms with Crippen molar-refractivity contribution in [2.24, 2.45) is 0 Å². The second-order valence-electron chi connectivity index (χ2n) is 3.63. The Kier molecular flexibility index (Phi) is 3.27. The maximum absolute atomic E-state index is 11.3. The van der Waals surface area contributed by atoms with Crippen molar-refractivity contribution in [2.45, 2.75) is 0 Å². The predicted molar refractivity (Wildman–Crippen MR) is 63.6 cm³/mol. The van der Waals surface area contributed by atoms with Crippen molar-refractivity contribution in [3.63, 3.8) is 0 Å². The van der Waals surface area contributed by atoms with Crippen LogP contribution in [0.2, 0.25) is 5.02 Å². The summed E-state index contributed by atoms with van der Waals surface area (Å²) in [6.07, 6.45) is 2.04. The van der Waals surface area contributed by atoms with E-state index in [1.54, 1.807) is 12.1 Å². The number of benzene rings is 1. The smallest absolute Gasteiger partial charge is 0.337 e. The van der Waals surface area contributed by atoms with Gasteiger partial charge in [0.2, 0.25) is 0 Å². The number of hydrogen-bond donors (Lipinski definition) is 1. The van der Waals surface area contributed by atoms with E-state index in [0.29, 0.717) is 10.6 Å². The predicted octanol–water partition coefficient (Wildman–Crippen LogP) is 2.11. The second-order valence-corrected chi connectivity index (χ2v) is 4.04. The zero-order valence-electron chi connectivity index (χ0n) is 8.92. The van der Waals surface area contributed by atoms with Crippen molar-refractivity contribution in [3.05, 3.63) is 39.9 Å². The highest BCUT2D eigenvalue weighted by atomic mass is 35.5. The van der Waals surface area contributed by atoms with E-state index >= 15 is 0 Å². The van der Waals surface area contributed by atoms with Crippen LogP contribution in [0.5, 0.6) is 0 Å². The van der Waals surface area contributed by atoms with E-state index < -0.39 is 0 Å². The van der Waals surface area contributed by atoms with Gasteiger partial charge in [0.05, 0.1) is 12.7 Å². The molecule has 1 aliphatic rings. The highest BCUT2D eigenvalue weighted by Gasteiger charge is 2.10. The van der Waals surface area contributed by atoms with Gasteiger partial charge in [-0.1, -0.05) is 23.7 Å². The van der Waals surface area contributed by atoms with Gasteiger partial charge >= 0.3 is 5.97 Å². The molecule has 16 heavy (non-hydrogen) atoms. The van der Waals surface area contributed by atoms with Gasteiger partial charge in [-0.3, -0.25) is 0 Å². The molecule has 1 heterocycles. The number of esters is 1. The molecule has 0 aromatic heterocycles. The summed E-state index contributed by atoms with van der Waals surface area (Å²) in [6.45, 7) is 1.82. The summed E-state index contributed by atoms with van der Waals surface area (Å²) in [5, 5.41) is 3.73. The molecule has 0 amide bonds. The first-order chi connectivity index (χ1) is 7.70. The summed E-state index contributed by atoms with van der Waals surface area (Å²) in [5.74, 6) is -0.369. The van der Waals surface area contributed by atoms with Gasteiger partial charge in [0.15, 0.2) is 0 Å². The average Bonchev–Trinajstić information content (AvgIpc) is 2.23. The van der Waals surface area contributed by atoms with E-state index in [0.717, 1.165) is 18.7 Å². The van der Waals surface area contributed by atoms with Gasteiger partial charge in [-0.2, -0.15) is 0 Å². The van der Waals surface area contributed by atoms with Crippen LogP contribution in [0.15, 0.2) is 23.8 Å². The Hall–Kier alpha value is -1.32. The number of carbonyl (C=O) groups is 1. The number of halogens is 1. The lowest BCUT2D eigenvalue weighted by atomic mass is 10.1. The summed E-state index contributed by atoms with van der Waals surface area (Å²) < 4.78 is 4.62. The number of rotatable bonds is 2. The van der Waals surface area contributed by atoms with Gasteiger partial charge in [0, 0.05) is 18.1 Å². The molecule has 1 N–H and O–H groups in total. The van der Waals surface area contributed by atoms with Crippen LogP contribution < -0.4 is 5.32 Å². The molecule has 0 bridgehead atoms. The molecule has 0 aliphatic carbocycles. The van der Waals surface area contributed by atoms with Crippen LogP contribution in [-0.4, -0.2) is 26.2 Å².